The van der Waals surface area contributed by atoms with Crippen LogP contribution in [-0.4, -0.2) is 37.8 Å². The van der Waals surface area contributed by atoms with Gasteiger partial charge in [0.2, 0.25) is 11.8 Å². The maximum Gasteiger partial charge on any atom is 0.334 e. The lowest BCUT2D eigenvalue weighted by Gasteiger charge is -2.30. The summed E-state index contributed by atoms with van der Waals surface area (Å²) in [6.45, 7) is 9.36. The van der Waals surface area contributed by atoms with Crippen molar-refractivity contribution in [1.82, 2.24) is 19.7 Å². The molecule has 0 bridgehead atoms. The minimum atomic E-state index is -0.427. The third-order valence-electron chi connectivity index (χ3n) is 4.49. The molecule has 1 saturated heterocycles. The van der Waals surface area contributed by atoms with Gasteiger partial charge in [0.05, 0.1) is 10.6 Å². The zero-order valence-electron chi connectivity index (χ0n) is 14.5. The van der Waals surface area contributed by atoms with Crippen LogP contribution in [0.4, 0.5) is 11.6 Å². The summed E-state index contributed by atoms with van der Waals surface area (Å²) in [7, 11) is 0. The van der Waals surface area contributed by atoms with Crippen LogP contribution in [0.15, 0.2) is 6.07 Å². The van der Waals surface area contributed by atoms with E-state index in [0.29, 0.717) is 17.6 Å². The van der Waals surface area contributed by atoms with Gasteiger partial charge in [-0.25, -0.2) is 9.67 Å². The number of piperidine rings is 1. The number of nitro groups is 1. The van der Waals surface area contributed by atoms with Gasteiger partial charge in [0.15, 0.2) is 0 Å². The summed E-state index contributed by atoms with van der Waals surface area (Å²) in [4.78, 5) is 22.1. The number of hydrogen-bond donors (Lipinski definition) is 0. The minimum Gasteiger partial charge on any atom is -0.341 e. The quantitative estimate of drug-likeness (QED) is 0.635. The van der Waals surface area contributed by atoms with Gasteiger partial charge in [0.1, 0.15) is 5.69 Å². The molecule has 0 amide bonds. The summed E-state index contributed by atoms with van der Waals surface area (Å²) in [5.41, 5.74) is 1.89. The number of hydrogen-bond acceptors (Lipinski definition) is 6. The molecule has 1 fully saturated rings. The fourth-order valence-electron chi connectivity index (χ4n) is 3.09. The first-order chi connectivity index (χ1) is 11.4. The van der Waals surface area contributed by atoms with E-state index in [9.17, 15) is 10.1 Å². The molecule has 1 aliphatic rings. The van der Waals surface area contributed by atoms with Crippen LogP contribution in [0.3, 0.4) is 0 Å². The predicted molar refractivity (Wildman–Crippen MR) is 90.6 cm³/mol. The van der Waals surface area contributed by atoms with Gasteiger partial charge in [-0.3, -0.25) is 10.1 Å². The van der Waals surface area contributed by atoms with Gasteiger partial charge < -0.3 is 4.90 Å². The Morgan fingerprint density at radius 1 is 1.21 bits per heavy atom. The number of rotatable bonds is 3. The lowest BCUT2D eigenvalue weighted by Crippen LogP contribution is -2.34. The number of aryl methyl sites for hydroxylation is 3. The van der Waals surface area contributed by atoms with Gasteiger partial charge in [-0.1, -0.05) is 6.92 Å². The maximum atomic E-state index is 11.5. The Balaban J connectivity index is 2.11. The summed E-state index contributed by atoms with van der Waals surface area (Å²) in [6.07, 6.45) is 2.16. The minimum absolute atomic E-state index is 0.0877. The average Bonchev–Trinajstić information content (AvgIpc) is 2.85. The molecule has 3 heterocycles. The van der Waals surface area contributed by atoms with Crippen molar-refractivity contribution in [2.45, 2.75) is 40.5 Å². The van der Waals surface area contributed by atoms with Gasteiger partial charge >= 0.3 is 5.69 Å². The molecule has 0 aliphatic carbocycles. The number of aromatic nitrogens is 4. The van der Waals surface area contributed by atoms with Gasteiger partial charge in [-0.2, -0.15) is 10.1 Å². The van der Waals surface area contributed by atoms with E-state index in [1.54, 1.807) is 6.92 Å². The molecular weight excluding hydrogens is 308 g/mol. The third-order valence-corrected chi connectivity index (χ3v) is 4.49. The van der Waals surface area contributed by atoms with Crippen molar-refractivity contribution in [3.8, 4) is 5.82 Å². The van der Waals surface area contributed by atoms with Crippen LogP contribution in [0.2, 0.25) is 0 Å². The zero-order chi connectivity index (χ0) is 17.4. The van der Waals surface area contributed by atoms with Crippen LogP contribution in [0.1, 0.15) is 36.8 Å². The zero-order valence-corrected chi connectivity index (χ0v) is 14.5. The van der Waals surface area contributed by atoms with Crippen molar-refractivity contribution in [2.24, 2.45) is 5.92 Å². The molecule has 0 unspecified atom stereocenters. The largest absolute Gasteiger partial charge is 0.341 e. The molecule has 2 aromatic heterocycles. The molecule has 0 radical (unpaired) electrons. The SMILES string of the molecule is Cc1cc(C)n(-c2nc(N3CCC(C)CC3)nc(C)c2[N+](=O)[O-])n1. The van der Waals surface area contributed by atoms with Crippen LogP contribution >= 0.6 is 0 Å². The Labute approximate surface area is 140 Å². The van der Waals surface area contributed by atoms with Crippen LogP contribution in [0.5, 0.6) is 0 Å². The molecule has 0 aromatic carbocycles. The molecular formula is C16H22N6O2. The summed E-state index contributed by atoms with van der Waals surface area (Å²) in [6, 6.07) is 1.88. The highest BCUT2D eigenvalue weighted by molar-refractivity contribution is 5.54. The lowest BCUT2D eigenvalue weighted by atomic mass is 10.00. The molecule has 0 spiro atoms. The molecule has 8 heteroatoms. The van der Waals surface area contributed by atoms with E-state index in [-0.39, 0.29) is 11.5 Å². The predicted octanol–water partition coefficient (Wildman–Crippen LogP) is 2.73. The molecule has 3 rings (SSSR count). The third kappa shape index (κ3) is 2.95. The van der Waals surface area contributed by atoms with Crippen molar-refractivity contribution in [3.63, 3.8) is 0 Å². The second kappa shape index (κ2) is 6.18. The van der Waals surface area contributed by atoms with Crippen LogP contribution in [0.25, 0.3) is 5.82 Å². The van der Waals surface area contributed by atoms with Crippen molar-refractivity contribution in [1.29, 1.82) is 0 Å². The molecule has 0 atom stereocenters. The van der Waals surface area contributed by atoms with E-state index in [4.69, 9.17) is 0 Å². The van der Waals surface area contributed by atoms with Crippen LogP contribution < -0.4 is 4.90 Å². The summed E-state index contributed by atoms with van der Waals surface area (Å²) >= 11 is 0. The standard InChI is InChI=1S/C16H22N6O2/c1-10-5-7-20(8-6-10)16-17-13(4)14(22(23)24)15(18-16)21-12(3)9-11(2)19-21/h9-10H,5-8H2,1-4H3. The van der Waals surface area contributed by atoms with Gasteiger partial charge in [-0.05, 0) is 45.6 Å². The first kappa shape index (κ1) is 16.4. The second-order valence-electron chi connectivity index (χ2n) is 6.55. The van der Waals surface area contributed by atoms with E-state index in [2.05, 4.69) is 26.9 Å². The van der Waals surface area contributed by atoms with Crippen molar-refractivity contribution < 1.29 is 4.92 Å². The fraction of sp³-hybridized carbons (Fsp3) is 0.562. The lowest BCUT2D eigenvalue weighted by molar-refractivity contribution is -0.385. The Morgan fingerprint density at radius 3 is 2.42 bits per heavy atom. The number of nitrogens with zero attached hydrogens (tertiary/aromatic N) is 6. The smallest absolute Gasteiger partial charge is 0.334 e. The topological polar surface area (TPSA) is 90.0 Å². The maximum absolute atomic E-state index is 11.5. The highest BCUT2D eigenvalue weighted by Gasteiger charge is 2.27. The average molecular weight is 330 g/mol. The van der Waals surface area contributed by atoms with Gasteiger partial charge in [0.25, 0.3) is 0 Å². The first-order valence-electron chi connectivity index (χ1n) is 8.18. The highest BCUT2D eigenvalue weighted by Crippen LogP contribution is 2.29. The van der Waals surface area contributed by atoms with Crippen molar-refractivity contribution in [3.05, 3.63) is 33.3 Å². The van der Waals surface area contributed by atoms with E-state index < -0.39 is 4.92 Å². The van der Waals surface area contributed by atoms with Crippen LogP contribution in [0, 0.1) is 36.8 Å². The molecule has 0 saturated carbocycles. The van der Waals surface area contributed by atoms with Crippen LogP contribution in [-0.2, 0) is 0 Å². The summed E-state index contributed by atoms with van der Waals surface area (Å²) in [5, 5.41) is 15.9. The van der Waals surface area contributed by atoms with Gasteiger partial charge in [-0.15, -0.1) is 0 Å². The molecule has 2 aromatic rings. The molecule has 24 heavy (non-hydrogen) atoms. The van der Waals surface area contributed by atoms with Crippen molar-refractivity contribution >= 4 is 11.6 Å². The van der Waals surface area contributed by atoms with E-state index >= 15 is 0 Å². The van der Waals surface area contributed by atoms with Crippen molar-refractivity contribution in [2.75, 3.05) is 18.0 Å². The molecule has 0 N–H and O–H groups in total. The molecule has 8 nitrogen and oxygen atoms in total. The highest BCUT2D eigenvalue weighted by atomic mass is 16.6. The van der Waals surface area contributed by atoms with E-state index in [1.165, 1.54) is 4.68 Å². The Morgan fingerprint density at radius 2 is 1.88 bits per heavy atom. The van der Waals surface area contributed by atoms with Gasteiger partial charge in [0, 0.05) is 18.8 Å². The molecule has 1 aliphatic heterocycles. The van der Waals surface area contributed by atoms with E-state index in [1.807, 2.05) is 19.9 Å². The Bertz CT molecular complexity index is 777. The monoisotopic (exact) mass is 330 g/mol. The first-order valence-corrected chi connectivity index (χ1v) is 8.18. The van der Waals surface area contributed by atoms with E-state index in [0.717, 1.165) is 37.3 Å². The normalized spacial score (nSPS) is 15.8. The summed E-state index contributed by atoms with van der Waals surface area (Å²) < 4.78 is 1.54. The molecule has 128 valence electrons. The Kier molecular flexibility index (Phi) is 4.21. The second-order valence-corrected chi connectivity index (χ2v) is 6.55. The Hall–Kier alpha value is -2.51. The fourth-order valence-corrected chi connectivity index (χ4v) is 3.09. The number of anilines is 1. The summed E-state index contributed by atoms with van der Waals surface area (Å²) in [5.74, 6) is 1.48.